The Morgan fingerprint density at radius 3 is 2.72 bits per heavy atom. The van der Waals surface area contributed by atoms with Crippen LogP contribution in [0.3, 0.4) is 0 Å². The normalized spacial score (nSPS) is 12.0. The fraction of sp³-hybridized carbons (Fsp3) is 0.538. The summed E-state index contributed by atoms with van der Waals surface area (Å²) >= 11 is 3.47. The Balaban J connectivity index is 1.94. The molecule has 5 heteroatoms. The molecular weight excluding hydrogens is 262 g/mol. The second-order valence-corrected chi connectivity index (χ2v) is 7.62. The highest BCUT2D eigenvalue weighted by Crippen LogP contribution is 2.18. The molecule has 0 fully saturated rings. The first kappa shape index (κ1) is 13.6. The van der Waals surface area contributed by atoms with E-state index in [-0.39, 0.29) is 5.54 Å². The fourth-order valence-electron chi connectivity index (χ4n) is 1.51. The third kappa shape index (κ3) is 4.15. The zero-order valence-corrected chi connectivity index (χ0v) is 12.9. The summed E-state index contributed by atoms with van der Waals surface area (Å²) in [6.45, 7) is 9.44. The van der Waals surface area contributed by atoms with Crippen molar-refractivity contribution in [1.82, 2.24) is 15.3 Å². The highest BCUT2D eigenvalue weighted by Gasteiger charge is 2.10. The van der Waals surface area contributed by atoms with Crippen LogP contribution in [0.15, 0.2) is 11.6 Å². The van der Waals surface area contributed by atoms with Crippen molar-refractivity contribution in [2.75, 3.05) is 0 Å². The number of aryl methyl sites for hydroxylation is 1. The molecule has 2 rings (SSSR count). The van der Waals surface area contributed by atoms with E-state index in [0.29, 0.717) is 0 Å². The van der Waals surface area contributed by atoms with Gasteiger partial charge in [0.2, 0.25) is 0 Å². The Labute approximate surface area is 116 Å². The third-order valence-electron chi connectivity index (χ3n) is 2.39. The van der Waals surface area contributed by atoms with Gasteiger partial charge in [-0.15, -0.1) is 22.7 Å². The number of nitrogens with zero attached hydrogens (tertiary/aromatic N) is 2. The van der Waals surface area contributed by atoms with Gasteiger partial charge in [0.25, 0.3) is 0 Å². The highest BCUT2D eigenvalue weighted by atomic mass is 32.1. The van der Waals surface area contributed by atoms with Gasteiger partial charge >= 0.3 is 0 Å². The molecule has 2 aromatic rings. The summed E-state index contributed by atoms with van der Waals surface area (Å²) in [5.41, 5.74) is 1.28. The van der Waals surface area contributed by atoms with Crippen molar-refractivity contribution in [2.45, 2.75) is 46.2 Å². The van der Waals surface area contributed by atoms with Crippen molar-refractivity contribution in [3.05, 3.63) is 32.2 Å². The van der Waals surface area contributed by atoms with E-state index >= 15 is 0 Å². The first-order valence-corrected chi connectivity index (χ1v) is 7.71. The first-order chi connectivity index (χ1) is 8.42. The monoisotopic (exact) mass is 281 g/mol. The average molecular weight is 281 g/mol. The standard InChI is InChI=1S/C13H19N3S2/c1-9-16-10(8-17-9)5-12-14-6-11(18-12)7-15-13(2,3)4/h6,8,15H,5,7H2,1-4H3. The molecule has 0 atom stereocenters. The van der Waals surface area contributed by atoms with Gasteiger partial charge in [0.15, 0.2) is 0 Å². The van der Waals surface area contributed by atoms with E-state index in [1.54, 1.807) is 22.7 Å². The van der Waals surface area contributed by atoms with Crippen molar-refractivity contribution in [1.29, 1.82) is 0 Å². The second-order valence-electron chi connectivity index (χ2n) is 5.36. The van der Waals surface area contributed by atoms with Crippen molar-refractivity contribution in [3.8, 4) is 0 Å². The van der Waals surface area contributed by atoms with E-state index < -0.39 is 0 Å². The fourth-order valence-corrected chi connectivity index (χ4v) is 3.00. The predicted molar refractivity (Wildman–Crippen MR) is 78.4 cm³/mol. The molecule has 0 radical (unpaired) electrons. The molecule has 0 saturated heterocycles. The zero-order chi connectivity index (χ0) is 13.2. The smallest absolute Gasteiger partial charge is 0.0988 e. The molecule has 98 valence electrons. The molecule has 0 bridgehead atoms. The lowest BCUT2D eigenvalue weighted by atomic mass is 10.1. The number of nitrogens with one attached hydrogen (secondary N) is 1. The van der Waals surface area contributed by atoms with Crippen LogP contribution < -0.4 is 5.32 Å². The Morgan fingerprint density at radius 2 is 2.11 bits per heavy atom. The van der Waals surface area contributed by atoms with E-state index in [9.17, 15) is 0 Å². The number of thiazole rings is 2. The number of rotatable bonds is 4. The molecule has 0 spiro atoms. The Morgan fingerprint density at radius 1 is 1.33 bits per heavy atom. The van der Waals surface area contributed by atoms with Gasteiger partial charge in [0, 0.05) is 35.0 Å². The summed E-state index contributed by atoms with van der Waals surface area (Å²) in [6, 6.07) is 0. The third-order valence-corrected chi connectivity index (χ3v) is 4.21. The van der Waals surface area contributed by atoms with Gasteiger partial charge in [-0.1, -0.05) is 0 Å². The van der Waals surface area contributed by atoms with Crippen molar-refractivity contribution in [2.24, 2.45) is 0 Å². The van der Waals surface area contributed by atoms with Crippen LogP contribution in [0.4, 0.5) is 0 Å². The minimum atomic E-state index is 0.149. The molecule has 0 aliphatic rings. The van der Waals surface area contributed by atoms with Crippen LogP contribution in [0.25, 0.3) is 0 Å². The molecule has 0 unspecified atom stereocenters. The van der Waals surface area contributed by atoms with Crippen molar-refractivity contribution in [3.63, 3.8) is 0 Å². The van der Waals surface area contributed by atoms with Crippen LogP contribution >= 0.6 is 22.7 Å². The van der Waals surface area contributed by atoms with Crippen LogP contribution in [-0.2, 0) is 13.0 Å². The van der Waals surface area contributed by atoms with Crippen LogP contribution in [-0.4, -0.2) is 15.5 Å². The molecule has 18 heavy (non-hydrogen) atoms. The van der Waals surface area contributed by atoms with Gasteiger partial charge in [-0.2, -0.15) is 0 Å². The molecule has 0 amide bonds. The van der Waals surface area contributed by atoms with E-state index in [2.05, 4.69) is 41.4 Å². The van der Waals surface area contributed by atoms with Gasteiger partial charge < -0.3 is 5.32 Å². The van der Waals surface area contributed by atoms with Crippen molar-refractivity contribution < 1.29 is 0 Å². The lowest BCUT2D eigenvalue weighted by Gasteiger charge is -2.19. The lowest BCUT2D eigenvalue weighted by Crippen LogP contribution is -2.34. The summed E-state index contributed by atoms with van der Waals surface area (Å²) in [4.78, 5) is 10.2. The van der Waals surface area contributed by atoms with E-state index in [1.807, 2.05) is 13.1 Å². The summed E-state index contributed by atoms with van der Waals surface area (Å²) in [7, 11) is 0. The maximum atomic E-state index is 4.47. The molecule has 0 aliphatic heterocycles. The molecule has 0 aliphatic carbocycles. The number of hydrogen-bond donors (Lipinski definition) is 1. The summed E-state index contributed by atoms with van der Waals surface area (Å²) < 4.78 is 0. The van der Waals surface area contributed by atoms with Gasteiger partial charge in [-0.3, -0.25) is 0 Å². The molecule has 0 aromatic carbocycles. The average Bonchev–Trinajstić information content (AvgIpc) is 2.85. The molecule has 3 nitrogen and oxygen atoms in total. The summed E-state index contributed by atoms with van der Waals surface area (Å²) in [5.74, 6) is 0. The maximum absolute atomic E-state index is 4.47. The maximum Gasteiger partial charge on any atom is 0.0988 e. The summed E-state index contributed by atoms with van der Waals surface area (Å²) in [6.07, 6.45) is 2.82. The number of hydrogen-bond acceptors (Lipinski definition) is 5. The SMILES string of the molecule is Cc1nc(Cc2ncc(CNC(C)(C)C)s2)cs1. The Hall–Kier alpha value is -0.780. The Bertz CT molecular complexity index is 508. The van der Waals surface area contributed by atoms with E-state index in [4.69, 9.17) is 0 Å². The van der Waals surface area contributed by atoms with Gasteiger partial charge in [0.05, 0.1) is 15.7 Å². The molecule has 0 saturated carbocycles. The number of aromatic nitrogens is 2. The topological polar surface area (TPSA) is 37.8 Å². The van der Waals surface area contributed by atoms with Crippen LogP contribution in [0.1, 0.15) is 41.4 Å². The van der Waals surface area contributed by atoms with Gasteiger partial charge in [-0.05, 0) is 27.7 Å². The molecule has 2 heterocycles. The summed E-state index contributed by atoms with van der Waals surface area (Å²) in [5, 5.41) is 7.86. The van der Waals surface area contributed by atoms with E-state index in [1.165, 1.54) is 4.88 Å². The van der Waals surface area contributed by atoms with E-state index in [0.717, 1.165) is 28.7 Å². The van der Waals surface area contributed by atoms with Gasteiger partial charge in [0.1, 0.15) is 0 Å². The lowest BCUT2D eigenvalue weighted by molar-refractivity contribution is 0.426. The second kappa shape index (κ2) is 5.47. The van der Waals surface area contributed by atoms with Crippen LogP contribution in [0.2, 0.25) is 0 Å². The van der Waals surface area contributed by atoms with Crippen LogP contribution in [0.5, 0.6) is 0 Å². The van der Waals surface area contributed by atoms with Gasteiger partial charge in [-0.25, -0.2) is 9.97 Å². The molecule has 1 N–H and O–H groups in total. The molecular formula is C13H19N3S2. The van der Waals surface area contributed by atoms with Crippen LogP contribution in [0, 0.1) is 6.92 Å². The van der Waals surface area contributed by atoms with Crippen molar-refractivity contribution >= 4 is 22.7 Å². The first-order valence-electron chi connectivity index (χ1n) is 6.02. The Kier molecular flexibility index (Phi) is 4.14. The largest absolute Gasteiger partial charge is 0.307 e. The quantitative estimate of drug-likeness (QED) is 0.933. The minimum Gasteiger partial charge on any atom is -0.307 e. The minimum absolute atomic E-state index is 0.149. The highest BCUT2D eigenvalue weighted by molar-refractivity contribution is 7.11. The molecule has 2 aromatic heterocycles. The zero-order valence-electron chi connectivity index (χ0n) is 11.3. The predicted octanol–water partition coefficient (Wildman–Crippen LogP) is 3.39.